The predicted molar refractivity (Wildman–Crippen MR) is 76.8 cm³/mol. The van der Waals surface area contributed by atoms with Crippen LogP contribution in [-0.4, -0.2) is 18.4 Å². The highest BCUT2D eigenvalue weighted by molar-refractivity contribution is 7.92. The molecule has 1 aromatic carbocycles. The van der Waals surface area contributed by atoms with Gasteiger partial charge in [-0.15, -0.1) is 0 Å². The van der Waals surface area contributed by atoms with Crippen molar-refractivity contribution >= 4 is 26.6 Å². The van der Waals surface area contributed by atoms with Gasteiger partial charge in [0.1, 0.15) is 0 Å². The van der Waals surface area contributed by atoms with Crippen molar-refractivity contribution in [2.45, 2.75) is 4.90 Å². The zero-order chi connectivity index (χ0) is 14.0. The van der Waals surface area contributed by atoms with Gasteiger partial charge in [0.15, 0.2) is 0 Å². The minimum atomic E-state index is -3.62. The van der Waals surface area contributed by atoms with Gasteiger partial charge < -0.3 is 0 Å². The van der Waals surface area contributed by atoms with Crippen LogP contribution in [0.5, 0.6) is 0 Å². The fraction of sp³-hybridized carbons (Fsp3) is 0. The molecule has 2 heterocycles. The summed E-state index contributed by atoms with van der Waals surface area (Å²) in [7, 11) is -3.62. The second kappa shape index (κ2) is 4.90. The molecule has 0 bridgehead atoms. The first-order valence-corrected chi connectivity index (χ1v) is 7.41. The lowest BCUT2D eigenvalue weighted by atomic mass is 10.2. The molecular formula is C14H11N3O2S. The SMILES string of the molecule is O=S(=O)(Nc1cccnc1)c1ccc2ncccc2c1. The number of nitrogens with zero attached hydrogens (tertiary/aromatic N) is 2. The smallest absolute Gasteiger partial charge is 0.261 e. The molecule has 1 N–H and O–H groups in total. The highest BCUT2D eigenvalue weighted by atomic mass is 32.2. The molecule has 100 valence electrons. The quantitative estimate of drug-likeness (QED) is 0.802. The Morgan fingerprint density at radius 3 is 2.65 bits per heavy atom. The molecule has 6 heteroatoms. The standard InChI is InChI=1S/C14H11N3O2S/c18-20(19,17-12-4-2-7-15-10-12)13-5-6-14-11(9-13)3-1-8-16-14/h1-10,17H. The van der Waals surface area contributed by atoms with E-state index in [-0.39, 0.29) is 4.90 Å². The number of pyridine rings is 2. The molecule has 0 fully saturated rings. The summed E-state index contributed by atoms with van der Waals surface area (Å²) in [5.74, 6) is 0. The van der Waals surface area contributed by atoms with Gasteiger partial charge in [-0.25, -0.2) is 8.42 Å². The average molecular weight is 285 g/mol. The van der Waals surface area contributed by atoms with Crippen molar-refractivity contribution in [2.75, 3.05) is 4.72 Å². The summed E-state index contributed by atoms with van der Waals surface area (Å²) >= 11 is 0. The Balaban J connectivity index is 2.01. The molecule has 0 amide bonds. The highest BCUT2D eigenvalue weighted by Crippen LogP contribution is 2.19. The van der Waals surface area contributed by atoms with Crippen molar-refractivity contribution in [3.05, 3.63) is 61.1 Å². The van der Waals surface area contributed by atoms with Crippen LogP contribution < -0.4 is 4.72 Å². The number of hydrogen-bond donors (Lipinski definition) is 1. The highest BCUT2D eigenvalue weighted by Gasteiger charge is 2.14. The lowest BCUT2D eigenvalue weighted by molar-refractivity contribution is 0.601. The lowest BCUT2D eigenvalue weighted by Gasteiger charge is -2.08. The van der Waals surface area contributed by atoms with Crippen molar-refractivity contribution in [1.82, 2.24) is 9.97 Å². The van der Waals surface area contributed by atoms with E-state index < -0.39 is 10.0 Å². The molecule has 0 saturated carbocycles. The number of nitrogens with one attached hydrogen (secondary N) is 1. The molecular weight excluding hydrogens is 274 g/mol. The monoisotopic (exact) mass is 285 g/mol. The van der Waals surface area contributed by atoms with Crippen LogP contribution in [0.15, 0.2) is 66.0 Å². The van der Waals surface area contributed by atoms with E-state index in [1.54, 1.807) is 42.7 Å². The van der Waals surface area contributed by atoms with E-state index in [0.717, 1.165) is 10.9 Å². The Morgan fingerprint density at radius 2 is 1.85 bits per heavy atom. The Labute approximate surface area is 116 Å². The van der Waals surface area contributed by atoms with Gasteiger partial charge in [-0.3, -0.25) is 14.7 Å². The Hall–Kier alpha value is -2.47. The second-order valence-corrected chi connectivity index (χ2v) is 5.89. The number of benzene rings is 1. The first-order valence-electron chi connectivity index (χ1n) is 5.93. The molecule has 2 aromatic heterocycles. The van der Waals surface area contributed by atoms with Crippen molar-refractivity contribution in [3.8, 4) is 0 Å². The van der Waals surface area contributed by atoms with E-state index in [0.29, 0.717) is 5.69 Å². The van der Waals surface area contributed by atoms with E-state index in [1.807, 2.05) is 6.07 Å². The van der Waals surface area contributed by atoms with Crippen LogP contribution >= 0.6 is 0 Å². The van der Waals surface area contributed by atoms with Gasteiger partial charge >= 0.3 is 0 Å². The summed E-state index contributed by atoms with van der Waals surface area (Å²) < 4.78 is 27.1. The zero-order valence-electron chi connectivity index (χ0n) is 10.4. The molecule has 0 radical (unpaired) electrons. The second-order valence-electron chi connectivity index (χ2n) is 4.21. The number of sulfonamides is 1. The van der Waals surface area contributed by atoms with Crippen molar-refractivity contribution in [1.29, 1.82) is 0 Å². The third kappa shape index (κ3) is 2.46. The maximum atomic E-state index is 12.3. The van der Waals surface area contributed by atoms with E-state index in [1.165, 1.54) is 12.3 Å². The van der Waals surface area contributed by atoms with Crippen LogP contribution in [0.25, 0.3) is 10.9 Å². The summed E-state index contributed by atoms with van der Waals surface area (Å²) in [6, 6.07) is 11.7. The minimum Gasteiger partial charge on any atom is -0.278 e. The molecule has 20 heavy (non-hydrogen) atoms. The summed E-state index contributed by atoms with van der Waals surface area (Å²) in [6.45, 7) is 0. The predicted octanol–water partition coefficient (Wildman–Crippen LogP) is 2.43. The summed E-state index contributed by atoms with van der Waals surface area (Å²) in [5.41, 5.74) is 1.19. The van der Waals surface area contributed by atoms with Crippen molar-refractivity contribution in [3.63, 3.8) is 0 Å². The molecule has 5 nitrogen and oxygen atoms in total. The first-order chi connectivity index (χ1) is 9.65. The molecule has 0 aliphatic heterocycles. The summed E-state index contributed by atoms with van der Waals surface area (Å²) in [4.78, 5) is 8.23. The zero-order valence-corrected chi connectivity index (χ0v) is 11.2. The molecule has 0 aliphatic rings. The van der Waals surface area contributed by atoms with Gasteiger partial charge in [-0.1, -0.05) is 6.07 Å². The van der Waals surface area contributed by atoms with Gasteiger partial charge in [0.05, 0.1) is 22.3 Å². The first kappa shape index (κ1) is 12.6. The normalized spacial score (nSPS) is 11.4. The fourth-order valence-electron chi connectivity index (χ4n) is 1.86. The Morgan fingerprint density at radius 1 is 1.00 bits per heavy atom. The maximum Gasteiger partial charge on any atom is 0.261 e. The fourth-order valence-corrected chi connectivity index (χ4v) is 2.94. The van der Waals surface area contributed by atoms with Crippen LogP contribution in [0.3, 0.4) is 0 Å². The molecule has 0 aliphatic carbocycles. The molecule has 0 unspecified atom stereocenters. The van der Waals surface area contributed by atoms with Crippen LogP contribution in [0.2, 0.25) is 0 Å². The molecule has 0 atom stereocenters. The lowest BCUT2D eigenvalue weighted by Crippen LogP contribution is -2.12. The van der Waals surface area contributed by atoms with Crippen molar-refractivity contribution in [2.24, 2.45) is 0 Å². The summed E-state index contributed by atoms with van der Waals surface area (Å²) in [5, 5.41) is 0.779. The number of aromatic nitrogens is 2. The largest absolute Gasteiger partial charge is 0.278 e. The van der Waals surface area contributed by atoms with Crippen molar-refractivity contribution < 1.29 is 8.42 Å². The van der Waals surface area contributed by atoms with Gasteiger partial charge in [0.25, 0.3) is 10.0 Å². The number of anilines is 1. The molecule has 3 rings (SSSR count). The number of fused-ring (bicyclic) bond motifs is 1. The summed E-state index contributed by atoms with van der Waals surface area (Å²) in [6.07, 6.45) is 4.71. The van der Waals surface area contributed by atoms with Crippen LogP contribution in [0, 0.1) is 0 Å². The average Bonchev–Trinajstić information content (AvgIpc) is 2.47. The van der Waals surface area contributed by atoms with Gasteiger partial charge in [-0.2, -0.15) is 0 Å². The Kier molecular flexibility index (Phi) is 3.08. The topological polar surface area (TPSA) is 72.0 Å². The van der Waals surface area contributed by atoms with Gasteiger partial charge in [0, 0.05) is 17.8 Å². The van der Waals surface area contributed by atoms with Crippen LogP contribution in [0.4, 0.5) is 5.69 Å². The van der Waals surface area contributed by atoms with E-state index in [2.05, 4.69) is 14.7 Å². The van der Waals surface area contributed by atoms with Gasteiger partial charge in [-0.05, 0) is 36.4 Å². The Bertz CT molecular complexity index is 848. The third-order valence-electron chi connectivity index (χ3n) is 2.80. The third-order valence-corrected chi connectivity index (χ3v) is 4.18. The molecule has 0 saturated heterocycles. The molecule has 3 aromatic rings. The van der Waals surface area contributed by atoms with E-state index in [4.69, 9.17) is 0 Å². The number of hydrogen-bond acceptors (Lipinski definition) is 4. The van der Waals surface area contributed by atoms with E-state index in [9.17, 15) is 8.42 Å². The number of rotatable bonds is 3. The van der Waals surface area contributed by atoms with E-state index >= 15 is 0 Å². The maximum absolute atomic E-state index is 12.3. The van der Waals surface area contributed by atoms with Crippen LogP contribution in [-0.2, 0) is 10.0 Å². The van der Waals surface area contributed by atoms with Gasteiger partial charge in [0.2, 0.25) is 0 Å². The molecule has 0 spiro atoms. The van der Waals surface area contributed by atoms with Crippen LogP contribution in [0.1, 0.15) is 0 Å². The minimum absolute atomic E-state index is 0.196.